The van der Waals surface area contributed by atoms with E-state index in [2.05, 4.69) is 88.3 Å². The maximum Gasteiger partial charge on any atom is 0.204 e. The minimum Gasteiger partial charge on any atom is -0.493 e. The van der Waals surface area contributed by atoms with E-state index >= 15 is 0 Å². The Bertz CT molecular complexity index is 1960. The Morgan fingerprint density at radius 1 is 0.685 bits per heavy atom. The van der Waals surface area contributed by atoms with Crippen LogP contribution < -0.4 is 23.7 Å². The number of hydrogen-bond acceptors (Lipinski definition) is 10. The van der Waals surface area contributed by atoms with E-state index in [0.29, 0.717) is 23.8 Å². The van der Waals surface area contributed by atoms with E-state index in [-0.39, 0.29) is 18.7 Å². The van der Waals surface area contributed by atoms with Gasteiger partial charge in [0.2, 0.25) is 5.75 Å². The van der Waals surface area contributed by atoms with Gasteiger partial charge in [-0.2, -0.15) is 0 Å². The molecule has 1 saturated heterocycles. The number of likely N-dealkylation sites (N-methyl/N-ethyl adjacent to an activating group) is 2. The van der Waals surface area contributed by atoms with E-state index in [9.17, 15) is 5.11 Å². The van der Waals surface area contributed by atoms with Crippen molar-refractivity contribution in [3.63, 3.8) is 0 Å². The van der Waals surface area contributed by atoms with Gasteiger partial charge in [0.1, 0.15) is 11.5 Å². The highest BCUT2D eigenvalue weighted by Gasteiger charge is 2.37. The number of aliphatic hydroxyl groups is 1. The molecular formula is C44H54N4O6. The summed E-state index contributed by atoms with van der Waals surface area (Å²) in [6.07, 6.45) is 3.46. The molecule has 1 N–H and O–H groups in total. The van der Waals surface area contributed by atoms with E-state index in [1.807, 2.05) is 6.07 Å². The minimum atomic E-state index is -0.0142. The summed E-state index contributed by atoms with van der Waals surface area (Å²) >= 11 is 0. The highest BCUT2D eigenvalue weighted by Crippen LogP contribution is 2.53. The maximum atomic E-state index is 9.54. The van der Waals surface area contributed by atoms with Crippen molar-refractivity contribution in [1.82, 2.24) is 19.6 Å². The monoisotopic (exact) mass is 734 g/mol. The number of ether oxygens (including phenoxy) is 5. The lowest BCUT2D eigenvalue weighted by atomic mass is 9.84. The summed E-state index contributed by atoms with van der Waals surface area (Å²) < 4.78 is 32.2. The molecule has 0 spiro atoms. The van der Waals surface area contributed by atoms with E-state index < -0.39 is 0 Å². The molecular weight excluding hydrogens is 681 g/mol. The van der Waals surface area contributed by atoms with E-state index in [0.717, 1.165) is 106 Å². The highest BCUT2D eigenvalue weighted by molar-refractivity contribution is 5.67. The van der Waals surface area contributed by atoms with Gasteiger partial charge in [-0.15, -0.1) is 0 Å². The second kappa shape index (κ2) is 15.8. The average molecular weight is 735 g/mol. The third kappa shape index (κ3) is 7.13. The van der Waals surface area contributed by atoms with Crippen molar-refractivity contribution in [2.45, 2.75) is 44.3 Å². The van der Waals surface area contributed by atoms with Gasteiger partial charge in [0.25, 0.3) is 0 Å². The fourth-order valence-corrected chi connectivity index (χ4v) is 9.01. The fourth-order valence-electron chi connectivity index (χ4n) is 9.01. The Morgan fingerprint density at radius 3 is 2.11 bits per heavy atom. The predicted molar refractivity (Wildman–Crippen MR) is 210 cm³/mol. The second-order valence-corrected chi connectivity index (χ2v) is 15.2. The van der Waals surface area contributed by atoms with Crippen LogP contribution in [0.15, 0.2) is 60.7 Å². The molecule has 0 amide bonds. The zero-order valence-corrected chi connectivity index (χ0v) is 32.4. The topological polar surface area (TPSA) is 79.3 Å². The molecule has 5 aliphatic heterocycles. The van der Waals surface area contributed by atoms with Gasteiger partial charge in [0.05, 0.1) is 27.9 Å². The first-order valence-electron chi connectivity index (χ1n) is 19.4. The number of rotatable bonds is 7. The third-order valence-corrected chi connectivity index (χ3v) is 12.1. The quantitative estimate of drug-likeness (QED) is 0.235. The van der Waals surface area contributed by atoms with E-state index in [1.54, 1.807) is 21.3 Å². The molecule has 5 aliphatic rings. The number of piperazine rings is 1. The van der Waals surface area contributed by atoms with Crippen LogP contribution in [0.1, 0.15) is 51.0 Å². The standard InChI is InChI=1S/C44H54N4O6/c1-45-16-14-31-9-12-33-27-35(31)37(45)24-29-6-10-32(11-7-29)53-40-26-30(8-13-39(40)50-3)25-38-41-34(15-17-46(38)2)36(42(51-4)44(52-5)43(41)54-33)28-48-20-18-47(19-21-48)22-23-49/h6-13,26-27,37-38,49H,14-25,28H2,1-5H3/t37-,38-/m0/s1. The maximum absolute atomic E-state index is 9.54. The molecule has 4 aromatic rings. The van der Waals surface area contributed by atoms with E-state index in [4.69, 9.17) is 23.7 Å². The van der Waals surface area contributed by atoms with Crippen LogP contribution in [0.4, 0.5) is 0 Å². The molecule has 1 fully saturated rings. The molecule has 0 aliphatic carbocycles. The van der Waals surface area contributed by atoms with E-state index in [1.165, 1.54) is 27.8 Å². The molecule has 5 heterocycles. The Morgan fingerprint density at radius 2 is 1.37 bits per heavy atom. The van der Waals surface area contributed by atoms with Gasteiger partial charge in [-0.1, -0.05) is 24.3 Å². The normalized spacial score (nSPS) is 20.6. The van der Waals surface area contributed by atoms with Gasteiger partial charge in [-0.25, -0.2) is 0 Å². The third-order valence-electron chi connectivity index (χ3n) is 12.1. The number of benzene rings is 4. The van der Waals surface area contributed by atoms with Crippen LogP contribution in [0.3, 0.4) is 0 Å². The summed E-state index contributed by atoms with van der Waals surface area (Å²) in [4.78, 5) is 9.73. The highest BCUT2D eigenvalue weighted by atomic mass is 16.5. The van der Waals surface area contributed by atoms with Crippen LogP contribution in [-0.2, 0) is 32.2 Å². The van der Waals surface area contributed by atoms with Crippen molar-refractivity contribution in [3.8, 4) is 40.2 Å². The van der Waals surface area contributed by atoms with Crippen LogP contribution in [0, 0.1) is 0 Å². The van der Waals surface area contributed by atoms with Gasteiger partial charge >= 0.3 is 0 Å². The smallest absolute Gasteiger partial charge is 0.204 e. The number of methoxy groups -OCH3 is 3. The fraction of sp³-hybridized carbons (Fsp3) is 0.455. The van der Waals surface area contributed by atoms with Crippen molar-refractivity contribution in [1.29, 1.82) is 0 Å². The molecule has 0 saturated carbocycles. The van der Waals surface area contributed by atoms with Gasteiger partial charge in [-0.3, -0.25) is 19.6 Å². The Balaban J connectivity index is 1.30. The number of fused-ring (bicyclic) bond motifs is 2. The second-order valence-electron chi connectivity index (χ2n) is 15.2. The van der Waals surface area contributed by atoms with Gasteiger partial charge in [0, 0.05) is 75.6 Å². The van der Waals surface area contributed by atoms with Crippen molar-refractivity contribution >= 4 is 0 Å². The molecule has 10 heteroatoms. The molecule has 0 aromatic heterocycles. The van der Waals surface area contributed by atoms with Crippen LogP contribution >= 0.6 is 0 Å². The molecule has 6 bridgehead atoms. The van der Waals surface area contributed by atoms with Crippen LogP contribution in [0.5, 0.6) is 40.2 Å². The average Bonchev–Trinajstić information content (AvgIpc) is 3.18. The molecule has 54 heavy (non-hydrogen) atoms. The molecule has 10 nitrogen and oxygen atoms in total. The summed E-state index contributed by atoms with van der Waals surface area (Å²) in [5.41, 5.74) is 8.64. The molecule has 286 valence electrons. The number of aliphatic hydroxyl groups excluding tert-OH is 1. The summed E-state index contributed by atoms with van der Waals surface area (Å²) in [6, 6.07) is 21.6. The molecule has 9 rings (SSSR count). The number of β-amino-alcohol motifs (C(OH)–C–C–N with tert-alkyl or cyclic N) is 1. The molecule has 0 radical (unpaired) electrons. The first kappa shape index (κ1) is 36.6. The van der Waals surface area contributed by atoms with Crippen LogP contribution in [-0.4, -0.2) is 113 Å². The summed E-state index contributed by atoms with van der Waals surface area (Å²) in [5, 5.41) is 9.54. The van der Waals surface area contributed by atoms with Crippen molar-refractivity contribution in [2.24, 2.45) is 0 Å². The van der Waals surface area contributed by atoms with Crippen molar-refractivity contribution in [3.05, 3.63) is 99.6 Å². The van der Waals surface area contributed by atoms with Gasteiger partial charge < -0.3 is 28.8 Å². The molecule has 4 aromatic carbocycles. The zero-order valence-electron chi connectivity index (χ0n) is 32.4. The first-order valence-corrected chi connectivity index (χ1v) is 19.4. The van der Waals surface area contributed by atoms with Crippen molar-refractivity contribution < 1.29 is 28.8 Å². The Hall–Kier alpha value is -4.32. The van der Waals surface area contributed by atoms with Crippen LogP contribution in [0.25, 0.3) is 0 Å². The van der Waals surface area contributed by atoms with Gasteiger partial charge in [0.15, 0.2) is 23.0 Å². The Labute approximate surface area is 319 Å². The zero-order chi connectivity index (χ0) is 37.3. The molecule has 0 unspecified atom stereocenters. The lowest BCUT2D eigenvalue weighted by Crippen LogP contribution is -2.47. The predicted octanol–water partition coefficient (Wildman–Crippen LogP) is 6.26. The summed E-state index contributed by atoms with van der Waals surface area (Å²) in [7, 11) is 9.60. The largest absolute Gasteiger partial charge is 0.493 e. The summed E-state index contributed by atoms with van der Waals surface area (Å²) in [5.74, 6) is 5.06. The van der Waals surface area contributed by atoms with Gasteiger partial charge in [-0.05, 0) is 104 Å². The van der Waals surface area contributed by atoms with Crippen molar-refractivity contribution in [2.75, 3.05) is 87.8 Å². The van der Waals surface area contributed by atoms with Crippen LogP contribution in [0.2, 0.25) is 0 Å². The lowest BCUT2D eigenvalue weighted by molar-refractivity contribution is 0.107. The summed E-state index contributed by atoms with van der Waals surface area (Å²) in [6.45, 7) is 7.23. The number of nitrogens with zero attached hydrogens (tertiary/aromatic N) is 4. The first-order chi connectivity index (χ1) is 26.4. The lowest BCUT2D eigenvalue weighted by Gasteiger charge is -2.40. The SMILES string of the molecule is COc1ccc2cc1Oc1ccc(cc1)C[C@H]1c3cc(ccc3CCN1C)Oc1c(OC)c(OC)c(CN3CCN(CCO)CC3)c3c1[C@H](C2)N(C)CC3. The number of hydrogen-bond donors (Lipinski definition) is 1. The minimum absolute atomic E-state index is 0.0142. The molecule has 2 atom stereocenters. The Kier molecular flexibility index (Phi) is 10.7.